The average molecular weight is 1410 g/mol. The summed E-state index contributed by atoms with van der Waals surface area (Å²) in [6.07, 6.45) is -42.3. The van der Waals surface area contributed by atoms with Gasteiger partial charge in [0.15, 0.2) is 43.7 Å². The van der Waals surface area contributed by atoms with Crippen LogP contribution in [0, 0.1) is 50.2 Å². The lowest BCUT2D eigenvalue weighted by molar-refractivity contribution is -0.375. The molecular formula is C65H104O33. The van der Waals surface area contributed by atoms with Gasteiger partial charge in [0.05, 0.1) is 70.7 Å². The minimum atomic E-state index is -2.10. The summed E-state index contributed by atoms with van der Waals surface area (Å²) in [5, 5.41) is 200. The zero-order chi connectivity index (χ0) is 71.6. The van der Waals surface area contributed by atoms with Crippen LogP contribution < -0.4 is 0 Å². The third-order valence-corrected chi connectivity index (χ3v) is 24.9. The van der Waals surface area contributed by atoms with Crippen LogP contribution >= 0.6 is 0 Å². The monoisotopic (exact) mass is 1410 g/mol. The Morgan fingerprint density at radius 3 is 1.80 bits per heavy atom. The fourth-order valence-corrected chi connectivity index (χ4v) is 19.2. The summed E-state index contributed by atoms with van der Waals surface area (Å²) in [6, 6.07) is 0. The van der Waals surface area contributed by atoms with Crippen LogP contribution in [0.3, 0.4) is 0 Å². The Morgan fingerprint density at radius 2 is 1.15 bits per heavy atom. The molecule has 6 aliphatic heterocycles. The molecule has 98 heavy (non-hydrogen) atoms. The highest BCUT2D eigenvalue weighted by Gasteiger charge is 2.74. The first-order valence-electron chi connectivity index (χ1n) is 34.1. The normalized spacial score (nSPS) is 54.1. The van der Waals surface area contributed by atoms with E-state index in [1.807, 2.05) is 0 Å². The van der Waals surface area contributed by atoms with Crippen molar-refractivity contribution in [2.75, 3.05) is 46.2 Å². The van der Waals surface area contributed by atoms with E-state index >= 15 is 4.79 Å². The molecule has 4 saturated carbocycles. The van der Waals surface area contributed by atoms with Crippen molar-refractivity contribution in [1.82, 2.24) is 0 Å². The van der Waals surface area contributed by atoms with Gasteiger partial charge >= 0.3 is 11.9 Å². The molecule has 33 heteroatoms. The van der Waals surface area contributed by atoms with Gasteiger partial charge in [-0.05, 0) is 97.7 Å². The molecule has 10 fully saturated rings. The molecule has 0 aromatic carbocycles. The Hall–Kier alpha value is -2.48. The lowest BCUT2D eigenvalue weighted by atomic mass is 9.33. The molecule has 562 valence electrons. The second-order valence-corrected chi connectivity index (χ2v) is 31.4. The van der Waals surface area contributed by atoms with Crippen molar-refractivity contribution in [2.24, 2.45) is 50.2 Å². The number of fused-ring (bicyclic) bond motifs is 7. The van der Waals surface area contributed by atoms with Gasteiger partial charge in [0.2, 0.25) is 6.29 Å². The van der Waals surface area contributed by atoms with Gasteiger partial charge in [0, 0.05) is 12.3 Å². The first-order chi connectivity index (χ1) is 45.9. The SMILES string of the molecule is CC(=O)OC1C(OC2C(OC(=O)C34CCC(C)(C)CC3C3=CCC5C6(C)CC(O)C(OC7OC(CO)C(O)C(OC8OC(CO)C(O)C(O)C8O)C7O)C(C)(CO)C6CCC5(C)C3(C)CC4O)OCC(O)C2O)OC(C)C(OC2OCC(O)C(OC3OCC(O)(CO)C3O)C2O)C1O. The molecule has 0 radical (unpaired) electrons. The molecule has 5 aliphatic carbocycles. The molecule has 0 aromatic heterocycles. The van der Waals surface area contributed by atoms with Crippen molar-refractivity contribution in [3.8, 4) is 0 Å². The van der Waals surface area contributed by atoms with E-state index in [4.69, 9.17) is 61.6 Å². The van der Waals surface area contributed by atoms with E-state index in [0.29, 0.717) is 32.1 Å². The van der Waals surface area contributed by atoms with Crippen molar-refractivity contribution in [2.45, 2.75) is 284 Å². The van der Waals surface area contributed by atoms with Crippen molar-refractivity contribution in [3.05, 3.63) is 11.6 Å². The third-order valence-electron chi connectivity index (χ3n) is 24.9. The highest BCUT2D eigenvalue weighted by atomic mass is 16.8. The van der Waals surface area contributed by atoms with E-state index in [-0.39, 0.29) is 30.6 Å². The minimum absolute atomic E-state index is 0.0569. The maximum Gasteiger partial charge on any atom is 0.317 e. The molecular weight excluding hydrogens is 1310 g/mol. The number of hydrogen-bond donors (Lipinski definition) is 18. The third kappa shape index (κ3) is 12.9. The molecule has 37 unspecified atom stereocenters. The van der Waals surface area contributed by atoms with Gasteiger partial charge in [-0.15, -0.1) is 0 Å². The summed E-state index contributed by atoms with van der Waals surface area (Å²) in [4.78, 5) is 28.4. The van der Waals surface area contributed by atoms with Crippen molar-refractivity contribution in [3.63, 3.8) is 0 Å². The van der Waals surface area contributed by atoms with Crippen LogP contribution in [0.25, 0.3) is 0 Å². The second kappa shape index (κ2) is 28.4. The first kappa shape index (κ1) is 76.6. The highest BCUT2D eigenvalue weighted by molar-refractivity contribution is 5.80. The summed E-state index contributed by atoms with van der Waals surface area (Å²) in [5.74, 6) is -3.13. The Bertz CT molecular complexity index is 2820. The molecule has 6 saturated heterocycles. The first-order valence-corrected chi connectivity index (χ1v) is 34.1. The van der Waals surface area contributed by atoms with Crippen LogP contribution in [-0.2, 0) is 71.2 Å². The van der Waals surface area contributed by atoms with Crippen molar-refractivity contribution < 1.29 is 163 Å². The van der Waals surface area contributed by atoms with Crippen LogP contribution in [0.5, 0.6) is 0 Å². The van der Waals surface area contributed by atoms with Crippen LogP contribution in [-0.4, -0.2) is 328 Å². The van der Waals surface area contributed by atoms with Crippen molar-refractivity contribution in [1.29, 1.82) is 0 Å². The fraction of sp³-hybridized carbons (Fsp3) is 0.938. The van der Waals surface area contributed by atoms with E-state index in [0.717, 1.165) is 12.5 Å². The molecule has 0 amide bonds. The topological polar surface area (TPSA) is 518 Å². The molecule has 0 bridgehead atoms. The molecule has 37 atom stereocenters. The second-order valence-electron chi connectivity index (χ2n) is 31.4. The number of carbonyl (C=O) groups excluding carboxylic acids is 2. The van der Waals surface area contributed by atoms with Gasteiger partial charge in [-0.3, -0.25) is 9.59 Å². The molecule has 6 heterocycles. The van der Waals surface area contributed by atoms with Gasteiger partial charge in [-0.25, -0.2) is 0 Å². The summed E-state index contributed by atoms with van der Waals surface area (Å²) in [5.41, 5.74) is -6.72. The molecule has 11 rings (SSSR count). The Balaban J connectivity index is 0.813. The number of ether oxygens (including phenoxy) is 13. The van der Waals surface area contributed by atoms with Crippen LogP contribution in [0.15, 0.2) is 11.6 Å². The lowest BCUT2D eigenvalue weighted by Gasteiger charge is -2.72. The zero-order valence-electron chi connectivity index (χ0n) is 56.3. The Labute approximate surface area is 565 Å². The maximum atomic E-state index is 15.7. The van der Waals surface area contributed by atoms with E-state index < -0.39 is 275 Å². The predicted octanol–water partition coefficient (Wildman–Crippen LogP) is -5.96. The summed E-state index contributed by atoms with van der Waals surface area (Å²) < 4.78 is 76.7. The number of esters is 2. The zero-order valence-corrected chi connectivity index (χ0v) is 56.3. The number of allylic oxidation sites excluding steroid dienone is 2. The summed E-state index contributed by atoms with van der Waals surface area (Å²) >= 11 is 0. The van der Waals surface area contributed by atoms with Gasteiger partial charge in [0.1, 0.15) is 109 Å². The molecule has 33 nitrogen and oxygen atoms in total. The minimum Gasteiger partial charge on any atom is -0.454 e. The van der Waals surface area contributed by atoms with E-state index in [1.54, 1.807) is 6.92 Å². The standard InChI is InChI=1S/C65H104O33/c1-25-45(93-52-43(81)46(31(73)21-86-52)94-57-50(83)64(85,23-69)24-88-57)42(80)49(90-26(2)70)56(89-25)96-48-37(75)30(72)20-87-55(48)98-58(84)65-14-13-59(3,4)15-28(65)27-9-10-35-60(5)16-29(71)51(61(6,22-68)34(60)11-12-62(35,7)63(27,8)17-36(65)74)97-54-44(82)47(39(77)33(19-67)92-54)95-53-41(79)40(78)38(76)32(18-66)91-53/h9,25,28-57,66-69,71-83,85H,10-24H2,1-8H3. The summed E-state index contributed by atoms with van der Waals surface area (Å²) in [7, 11) is 0. The van der Waals surface area contributed by atoms with Crippen LogP contribution in [0.2, 0.25) is 0 Å². The number of rotatable bonds is 17. The van der Waals surface area contributed by atoms with Gasteiger partial charge < -0.3 is 153 Å². The Morgan fingerprint density at radius 1 is 0.541 bits per heavy atom. The smallest absolute Gasteiger partial charge is 0.317 e. The number of aliphatic hydroxyl groups is 18. The number of carbonyl (C=O) groups is 2. The summed E-state index contributed by atoms with van der Waals surface area (Å²) in [6.45, 7) is 10.0. The lowest BCUT2D eigenvalue weighted by Crippen LogP contribution is -2.71. The van der Waals surface area contributed by atoms with Crippen LogP contribution in [0.1, 0.15) is 107 Å². The van der Waals surface area contributed by atoms with Crippen LogP contribution in [0.4, 0.5) is 0 Å². The predicted molar refractivity (Wildman–Crippen MR) is 322 cm³/mol. The Kier molecular flexibility index (Phi) is 22.2. The highest BCUT2D eigenvalue weighted by Crippen LogP contribution is 2.76. The largest absolute Gasteiger partial charge is 0.454 e. The van der Waals surface area contributed by atoms with Gasteiger partial charge in [0.25, 0.3) is 0 Å². The average Bonchev–Trinajstić information content (AvgIpc) is 0.697. The van der Waals surface area contributed by atoms with E-state index in [1.165, 1.54) is 6.92 Å². The van der Waals surface area contributed by atoms with Gasteiger partial charge in [-0.2, -0.15) is 0 Å². The fourth-order valence-electron chi connectivity index (χ4n) is 19.2. The maximum absolute atomic E-state index is 15.7. The molecule has 18 N–H and O–H groups in total. The quantitative estimate of drug-likeness (QED) is 0.0366. The molecule has 0 aromatic rings. The van der Waals surface area contributed by atoms with Gasteiger partial charge in [-0.1, -0.05) is 53.2 Å². The molecule has 11 aliphatic rings. The van der Waals surface area contributed by atoms with Crippen molar-refractivity contribution >= 4 is 11.9 Å². The number of aliphatic hydroxyl groups excluding tert-OH is 17. The van der Waals surface area contributed by atoms with E-state index in [9.17, 15) is 96.7 Å². The number of hydrogen-bond acceptors (Lipinski definition) is 33. The molecule has 0 spiro atoms. The van der Waals surface area contributed by atoms with E-state index in [2.05, 4.69) is 40.7 Å².